The lowest BCUT2D eigenvalue weighted by atomic mass is 9.98. The number of benzene rings is 1. The van der Waals surface area contributed by atoms with Gasteiger partial charge in [-0.2, -0.15) is 0 Å². The molecule has 2 N–H and O–H groups in total. The molecule has 0 radical (unpaired) electrons. The number of aliphatic hydroxyl groups is 1. The highest BCUT2D eigenvalue weighted by molar-refractivity contribution is 5.95. The molecule has 5 nitrogen and oxygen atoms in total. The van der Waals surface area contributed by atoms with Gasteiger partial charge in [0.15, 0.2) is 0 Å². The lowest BCUT2D eigenvalue weighted by Crippen LogP contribution is -2.47. The summed E-state index contributed by atoms with van der Waals surface area (Å²) in [5.41, 5.74) is 0.718. The summed E-state index contributed by atoms with van der Waals surface area (Å²) in [7, 11) is 0. The first-order chi connectivity index (χ1) is 9.41. The van der Waals surface area contributed by atoms with Crippen molar-refractivity contribution < 1.29 is 19.4 Å². The Balaban J connectivity index is 2.15. The SMILES string of the molecule is CC1=C[C@@]2(Nc3cc(C)ccc3O2)C(=C(C)O)C(=O)O1. The molecule has 0 bridgehead atoms. The van der Waals surface area contributed by atoms with E-state index >= 15 is 0 Å². The minimum Gasteiger partial charge on any atom is -0.512 e. The molecule has 1 aromatic carbocycles. The van der Waals surface area contributed by atoms with Gasteiger partial charge in [-0.05, 0) is 38.5 Å². The quantitative estimate of drug-likeness (QED) is 0.432. The molecule has 2 aliphatic rings. The zero-order chi connectivity index (χ0) is 14.5. The number of fused-ring (bicyclic) bond motifs is 1. The van der Waals surface area contributed by atoms with Crippen molar-refractivity contribution in [1.29, 1.82) is 0 Å². The summed E-state index contributed by atoms with van der Waals surface area (Å²) < 4.78 is 11.0. The molecule has 1 spiro atoms. The van der Waals surface area contributed by atoms with Crippen LogP contribution >= 0.6 is 0 Å². The zero-order valence-corrected chi connectivity index (χ0v) is 11.5. The normalized spacial score (nSPS) is 26.4. The Kier molecular flexibility index (Phi) is 2.54. The second-order valence-electron chi connectivity index (χ2n) is 5.07. The number of hydrogen-bond donors (Lipinski definition) is 2. The fraction of sp³-hybridized carbons (Fsp3) is 0.267. The number of aliphatic hydroxyl groups excluding tert-OH is 1. The smallest absolute Gasteiger partial charge is 0.349 e. The molecule has 0 saturated carbocycles. The number of ether oxygens (including phenoxy) is 2. The van der Waals surface area contributed by atoms with Crippen LogP contribution in [0.1, 0.15) is 19.4 Å². The van der Waals surface area contributed by atoms with Crippen LogP contribution in [0, 0.1) is 6.92 Å². The summed E-state index contributed by atoms with van der Waals surface area (Å²) in [6, 6.07) is 5.68. The lowest BCUT2D eigenvalue weighted by molar-refractivity contribution is -0.138. The van der Waals surface area contributed by atoms with Crippen LogP contribution in [-0.2, 0) is 9.53 Å². The highest BCUT2D eigenvalue weighted by atomic mass is 16.6. The molecular weight excluding hydrogens is 258 g/mol. The van der Waals surface area contributed by atoms with Crippen molar-refractivity contribution in [1.82, 2.24) is 0 Å². The van der Waals surface area contributed by atoms with Crippen molar-refractivity contribution in [3.8, 4) is 5.75 Å². The molecule has 0 unspecified atom stereocenters. The molecule has 0 saturated heterocycles. The van der Waals surface area contributed by atoms with Gasteiger partial charge in [0.05, 0.1) is 5.69 Å². The number of nitrogens with one attached hydrogen (secondary N) is 1. The molecule has 104 valence electrons. The monoisotopic (exact) mass is 273 g/mol. The van der Waals surface area contributed by atoms with Crippen LogP contribution in [0.15, 0.2) is 41.4 Å². The zero-order valence-electron chi connectivity index (χ0n) is 11.5. The summed E-state index contributed by atoms with van der Waals surface area (Å²) >= 11 is 0. The highest BCUT2D eigenvalue weighted by Gasteiger charge is 2.49. The molecule has 5 heteroatoms. The molecule has 0 aromatic heterocycles. The van der Waals surface area contributed by atoms with Crippen LogP contribution in [0.2, 0.25) is 0 Å². The number of anilines is 1. The van der Waals surface area contributed by atoms with Crippen LogP contribution in [0.25, 0.3) is 0 Å². The number of carbonyl (C=O) groups excluding carboxylic acids is 1. The molecule has 1 atom stereocenters. The second-order valence-corrected chi connectivity index (χ2v) is 5.07. The average molecular weight is 273 g/mol. The minimum absolute atomic E-state index is 0.0666. The van der Waals surface area contributed by atoms with Crippen molar-refractivity contribution in [2.75, 3.05) is 5.32 Å². The topological polar surface area (TPSA) is 67.8 Å². The molecule has 2 heterocycles. The van der Waals surface area contributed by atoms with Crippen LogP contribution in [0.3, 0.4) is 0 Å². The van der Waals surface area contributed by atoms with E-state index in [1.165, 1.54) is 6.92 Å². The molecule has 0 amide bonds. The van der Waals surface area contributed by atoms with Gasteiger partial charge in [0.25, 0.3) is 0 Å². The Labute approximate surface area is 116 Å². The van der Waals surface area contributed by atoms with Crippen LogP contribution in [0.4, 0.5) is 5.69 Å². The summed E-state index contributed by atoms with van der Waals surface area (Å²) in [4.78, 5) is 12.0. The van der Waals surface area contributed by atoms with Crippen LogP contribution in [0.5, 0.6) is 5.75 Å². The Morgan fingerprint density at radius 3 is 2.80 bits per heavy atom. The fourth-order valence-corrected chi connectivity index (χ4v) is 2.56. The van der Waals surface area contributed by atoms with Gasteiger partial charge in [-0.3, -0.25) is 0 Å². The number of cyclic esters (lactones) is 1. The predicted molar refractivity (Wildman–Crippen MR) is 73.3 cm³/mol. The van der Waals surface area contributed by atoms with E-state index in [-0.39, 0.29) is 11.3 Å². The number of rotatable bonds is 0. The number of esters is 1. The van der Waals surface area contributed by atoms with E-state index < -0.39 is 11.7 Å². The van der Waals surface area contributed by atoms with E-state index in [9.17, 15) is 9.90 Å². The third kappa shape index (κ3) is 1.74. The number of carbonyl (C=O) groups is 1. The first-order valence-corrected chi connectivity index (χ1v) is 6.31. The van der Waals surface area contributed by atoms with Gasteiger partial charge in [0, 0.05) is 6.08 Å². The maximum absolute atomic E-state index is 12.0. The predicted octanol–water partition coefficient (Wildman–Crippen LogP) is 2.79. The minimum atomic E-state index is -1.20. The van der Waals surface area contributed by atoms with Gasteiger partial charge in [0.2, 0.25) is 5.72 Å². The van der Waals surface area contributed by atoms with Gasteiger partial charge in [-0.15, -0.1) is 0 Å². The Morgan fingerprint density at radius 1 is 1.35 bits per heavy atom. The van der Waals surface area contributed by atoms with E-state index in [0.29, 0.717) is 11.5 Å². The third-order valence-corrected chi connectivity index (χ3v) is 3.32. The summed E-state index contributed by atoms with van der Waals surface area (Å²) in [5, 5.41) is 13.0. The third-order valence-electron chi connectivity index (χ3n) is 3.32. The molecule has 0 fully saturated rings. The van der Waals surface area contributed by atoms with E-state index in [4.69, 9.17) is 9.47 Å². The average Bonchev–Trinajstić information content (AvgIpc) is 2.63. The van der Waals surface area contributed by atoms with Gasteiger partial charge >= 0.3 is 5.97 Å². The molecule has 3 rings (SSSR count). The van der Waals surface area contributed by atoms with Gasteiger partial charge in [0.1, 0.15) is 22.8 Å². The number of aryl methyl sites for hydroxylation is 1. The van der Waals surface area contributed by atoms with Crippen molar-refractivity contribution in [3.05, 3.63) is 46.9 Å². The van der Waals surface area contributed by atoms with E-state index in [1.54, 1.807) is 13.0 Å². The maximum Gasteiger partial charge on any atom is 0.349 e. The number of allylic oxidation sites excluding steroid dienone is 2. The Morgan fingerprint density at radius 2 is 2.10 bits per heavy atom. The second kappa shape index (κ2) is 4.03. The van der Waals surface area contributed by atoms with Crippen LogP contribution in [-0.4, -0.2) is 16.8 Å². The van der Waals surface area contributed by atoms with Crippen molar-refractivity contribution in [3.63, 3.8) is 0 Å². The van der Waals surface area contributed by atoms with Gasteiger partial charge < -0.3 is 19.9 Å². The Hall–Kier alpha value is -2.43. The molecule has 2 aliphatic heterocycles. The highest BCUT2D eigenvalue weighted by Crippen LogP contribution is 2.44. The first-order valence-electron chi connectivity index (χ1n) is 6.31. The van der Waals surface area contributed by atoms with Crippen molar-refractivity contribution in [2.45, 2.75) is 26.5 Å². The molecular formula is C15H15NO4. The van der Waals surface area contributed by atoms with E-state index in [2.05, 4.69) is 5.32 Å². The fourth-order valence-electron chi connectivity index (χ4n) is 2.56. The van der Waals surface area contributed by atoms with Crippen molar-refractivity contribution >= 4 is 11.7 Å². The summed E-state index contributed by atoms with van der Waals surface area (Å²) in [6.07, 6.45) is 1.65. The maximum atomic E-state index is 12.0. The van der Waals surface area contributed by atoms with Crippen LogP contribution < -0.4 is 10.1 Å². The Bertz CT molecular complexity index is 670. The lowest BCUT2D eigenvalue weighted by Gasteiger charge is -2.31. The van der Waals surface area contributed by atoms with E-state index in [1.807, 2.05) is 25.1 Å². The summed E-state index contributed by atoms with van der Waals surface area (Å²) in [6.45, 7) is 5.08. The van der Waals surface area contributed by atoms with Gasteiger partial charge in [-0.25, -0.2) is 4.79 Å². The molecule has 0 aliphatic carbocycles. The van der Waals surface area contributed by atoms with E-state index in [0.717, 1.165) is 11.3 Å². The van der Waals surface area contributed by atoms with Crippen molar-refractivity contribution in [2.24, 2.45) is 0 Å². The standard InChI is InChI=1S/C15H15NO4/c1-8-4-5-12-11(6-8)16-15(20-12)7-9(2)19-14(18)13(15)10(3)17/h4-7,16-17H,1-3H3/t15-/m0/s1. The first kappa shape index (κ1) is 12.6. The molecule has 1 aromatic rings. The largest absolute Gasteiger partial charge is 0.512 e. The number of hydrogen-bond acceptors (Lipinski definition) is 5. The summed E-state index contributed by atoms with van der Waals surface area (Å²) in [5.74, 6) is 0.322. The molecule has 20 heavy (non-hydrogen) atoms. The van der Waals surface area contributed by atoms with Gasteiger partial charge in [-0.1, -0.05) is 6.07 Å².